The molecule has 1 saturated heterocycles. The topological polar surface area (TPSA) is 98.2 Å². The Bertz CT molecular complexity index is 1130. The van der Waals surface area contributed by atoms with Crippen molar-refractivity contribution in [1.82, 2.24) is 30.4 Å². The summed E-state index contributed by atoms with van der Waals surface area (Å²) in [6, 6.07) is 18.8. The second-order valence-corrected chi connectivity index (χ2v) is 9.34. The number of urea groups is 1. The molecular weight excluding hydrogens is 478 g/mol. The molecule has 0 saturated carbocycles. The van der Waals surface area contributed by atoms with Gasteiger partial charge in [0.05, 0.1) is 12.1 Å². The summed E-state index contributed by atoms with van der Waals surface area (Å²) >= 11 is 0. The fraction of sp³-hybridized carbons (Fsp3) is 0.407. The highest BCUT2D eigenvalue weighted by molar-refractivity contribution is 5.77. The second-order valence-electron chi connectivity index (χ2n) is 9.34. The highest BCUT2D eigenvalue weighted by Crippen LogP contribution is 2.27. The minimum atomic E-state index is -2.90. The number of aryl methyl sites for hydroxylation is 1. The number of nitrogens with one attached hydrogen (secondary N) is 1. The third-order valence-corrected chi connectivity index (χ3v) is 6.43. The van der Waals surface area contributed by atoms with Gasteiger partial charge in [0.15, 0.2) is 5.82 Å². The molecule has 196 valence electrons. The van der Waals surface area contributed by atoms with E-state index in [1.807, 2.05) is 66.7 Å². The van der Waals surface area contributed by atoms with Crippen molar-refractivity contribution >= 4 is 6.03 Å². The quantitative estimate of drug-likeness (QED) is 0.339. The Balaban J connectivity index is 1.37. The molecule has 0 aliphatic carbocycles. The summed E-state index contributed by atoms with van der Waals surface area (Å²) in [6.45, 7) is 1.07. The number of H-pyrrole nitrogens is 1. The minimum absolute atomic E-state index is 0.0294. The van der Waals surface area contributed by atoms with Crippen LogP contribution in [0.5, 0.6) is 0 Å². The highest BCUT2D eigenvalue weighted by Gasteiger charge is 2.36. The van der Waals surface area contributed by atoms with E-state index in [1.54, 1.807) is 15.9 Å². The number of aromatic nitrogens is 4. The number of aromatic amines is 1. The Morgan fingerprint density at radius 1 is 1.08 bits per heavy atom. The SMILES string of the molecule is O=C1N(Cc2ccccc2)C[C@H](C=CC(O)Cc2ccccc2)N1CCCC(F)(F)CCc1nn[nH]n1. The van der Waals surface area contributed by atoms with Gasteiger partial charge >= 0.3 is 6.03 Å². The van der Waals surface area contributed by atoms with Crippen molar-refractivity contribution in [2.24, 2.45) is 0 Å². The van der Waals surface area contributed by atoms with Crippen LogP contribution in [0.3, 0.4) is 0 Å². The third kappa shape index (κ3) is 7.91. The summed E-state index contributed by atoms with van der Waals surface area (Å²) < 4.78 is 28.9. The van der Waals surface area contributed by atoms with Gasteiger partial charge in [-0.25, -0.2) is 13.6 Å². The Kier molecular flexibility index (Phi) is 8.95. The number of tetrazole rings is 1. The van der Waals surface area contributed by atoms with Crippen molar-refractivity contribution in [3.63, 3.8) is 0 Å². The van der Waals surface area contributed by atoms with Crippen LogP contribution in [-0.4, -0.2) is 72.7 Å². The van der Waals surface area contributed by atoms with E-state index in [0.29, 0.717) is 19.5 Å². The number of hydrogen-bond acceptors (Lipinski definition) is 5. The number of aliphatic hydroxyl groups is 1. The summed E-state index contributed by atoms with van der Waals surface area (Å²) in [5.41, 5.74) is 2.00. The predicted molar refractivity (Wildman–Crippen MR) is 135 cm³/mol. The van der Waals surface area contributed by atoms with Crippen molar-refractivity contribution in [3.8, 4) is 0 Å². The first-order chi connectivity index (χ1) is 17.9. The van der Waals surface area contributed by atoms with Crippen molar-refractivity contribution < 1.29 is 18.7 Å². The Labute approximate surface area is 215 Å². The second kappa shape index (κ2) is 12.5. The van der Waals surface area contributed by atoms with E-state index in [4.69, 9.17) is 0 Å². The van der Waals surface area contributed by atoms with E-state index in [2.05, 4.69) is 20.6 Å². The molecule has 0 radical (unpaired) electrons. The van der Waals surface area contributed by atoms with Crippen LogP contribution in [0.2, 0.25) is 0 Å². The number of nitrogens with zero attached hydrogens (tertiary/aromatic N) is 5. The van der Waals surface area contributed by atoms with Crippen LogP contribution in [0.25, 0.3) is 0 Å². The molecule has 2 atom stereocenters. The summed E-state index contributed by atoms with van der Waals surface area (Å²) in [5.74, 6) is -2.64. The first-order valence-corrected chi connectivity index (χ1v) is 12.5. The molecule has 2 heterocycles. The molecule has 4 rings (SSSR count). The zero-order chi connectivity index (χ0) is 26.1. The molecule has 1 aromatic heterocycles. The van der Waals surface area contributed by atoms with Gasteiger partial charge in [-0.2, -0.15) is 5.21 Å². The Morgan fingerprint density at radius 2 is 1.78 bits per heavy atom. The van der Waals surface area contributed by atoms with Crippen LogP contribution in [0, 0.1) is 0 Å². The third-order valence-electron chi connectivity index (χ3n) is 6.43. The molecule has 2 amide bonds. The molecule has 0 bridgehead atoms. The molecule has 10 heteroatoms. The summed E-state index contributed by atoms with van der Waals surface area (Å²) in [4.78, 5) is 16.6. The van der Waals surface area contributed by atoms with Crippen molar-refractivity contribution in [2.45, 2.75) is 56.7 Å². The summed E-state index contributed by atoms with van der Waals surface area (Å²) in [6.07, 6.45) is 2.72. The van der Waals surface area contributed by atoms with Crippen LogP contribution in [0.1, 0.15) is 36.2 Å². The van der Waals surface area contributed by atoms with E-state index in [-0.39, 0.29) is 50.1 Å². The van der Waals surface area contributed by atoms with Gasteiger partial charge in [-0.3, -0.25) is 0 Å². The van der Waals surface area contributed by atoms with Gasteiger partial charge in [0.25, 0.3) is 0 Å². The maximum absolute atomic E-state index is 14.5. The lowest BCUT2D eigenvalue weighted by molar-refractivity contribution is -0.0194. The normalized spacial score (nSPS) is 17.2. The molecule has 37 heavy (non-hydrogen) atoms. The fourth-order valence-electron chi connectivity index (χ4n) is 4.48. The Morgan fingerprint density at radius 3 is 2.46 bits per heavy atom. The number of amides is 2. The number of halogens is 2. The number of hydrogen-bond donors (Lipinski definition) is 2. The van der Waals surface area contributed by atoms with Crippen LogP contribution < -0.4 is 0 Å². The molecule has 1 unspecified atom stereocenters. The zero-order valence-electron chi connectivity index (χ0n) is 20.6. The van der Waals surface area contributed by atoms with Crippen LogP contribution >= 0.6 is 0 Å². The van der Waals surface area contributed by atoms with Crippen molar-refractivity contribution in [1.29, 1.82) is 0 Å². The first kappa shape index (κ1) is 26.4. The molecular formula is C27H32F2N6O2. The monoisotopic (exact) mass is 510 g/mol. The van der Waals surface area contributed by atoms with Crippen molar-refractivity contribution in [2.75, 3.05) is 13.1 Å². The molecule has 3 aromatic rings. The zero-order valence-corrected chi connectivity index (χ0v) is 20.6. The van der Waals surface area contributed by atoms with E-state index in [9.17, 15) is 18.7 Å². The molecule has 2 N–H and O–H groups in total. The number of carbonyl (C=O) groups excluding carboxylic acids is 1. The molecule has 2 aromatic carbocycles. The standard InChI is InChI=1S/C27H32F2N6O2/c28-27(29,16-14-25-30-32-33-31-25)15-7-17-35-23(12-13-24(36)18-21-8-3-1-4-9-21)20-34(26(35)37)19-22-10-5-2-6-11-22/h1-6,8-13,23-24,36H,7,14-20H2,(H,30,31,32,33)/t23-,24?/m0/s1. The minimum Gasteiger partial charge on any atom is -0.389 e. The molecule has 1 aliphatic heterocycles. The van der Waals surface area contributed by atoms with Gasteiger partial charge in [0.2, 0.25) is 5.92 Å². The van der Waals surface area contributed by atoms with Crippen LogP contribution in [-0.2, 0) is 19.4 Å². The summed E-state index contributed by atoms with van der Waals surface area (Å²) in [5, 5.41) is 23.6. The van der Waals surface area contributed by atoms with Crippen molar-refractivity contribution in [3.05, 3.63) is 89.8 Å². The van der Waals surface area contributed by atoms with Gasteiger partial charge in [-0.1, -0.05) is 78.0 Å². The molecule has 1 aliphatic rings. The Hall–Kier alpha value is -3.66. The molecule has 1 fully saturated rings. The lowest BCUT2D eigenvalue weighted by Crippen LogP contribution is -2.35. The first-order valence-electron chi connectivity index (χ1n) is 12.5. The fourth-order valence-corrected chi connectivity index (χ4v) is 4.48. The smallest absolute Gasteiger partial charge is 0.320 e. The number of aliphatic hydroxyl groups excluding tert-OH is 1. The predicted octanol–water partition coefficient (Wildman–Crippen LogP) is 4.01. The average Bonchev–Trinajstić information content (AvgIpc) is 3.52. The maximum Gasteiger partial charge on any atom is 0.320 e. The van der Waals surface area contributed by atoms with E-state index in [1.165, 1.54) is 0 Å². The number of benzene rings is 2. The van der Waals surface area contributed by atoms with Gasteiger partial charge in [0, 0.05) is 45.3 Å². The van der Waals surface area contributed by atoms with E-state index < -0.39 is 12.0 Å². The number of carbonyl (C=O) groups is 1. The van der Waals surface area contributed by atoms with Crippen LogP contribution in [0.15, 0.2) is 72.8 Å². The summed E-state index contributed by atoms with van der Waals surface area (Å²) in [7, 11) is 0. The van der Waals surface area contributed by atoms with E-state index >= 15 is 0 Å². The molecule has 8 nitrogen and oxygen atoms in total. The lowest BCUT2D eigenvalue weighted by atomic mass is 10.1. The van der Waals surface area contributed by atoms with Gasteiger partial charge in [-0.15, -0.1) is 10.2 Å². The average molecular weight is 511 g/mol. The lowest BCUT2D eigenvalue weighted by Gasteiger charge is -2.23. The largest absolute Gasteiger partial charge is 0.389 e. The molecule has 0 spiro atoms. The number of rotatable bonds is 13. The van der Waals surface area contributed by atoms with Crippen LogP contribution in [0.4, 0.5) is 13.6 Å². The van der Waals surface area contributed by atoms with Gasteiger partial charge < -0.3 is 14.9 Å². The number of alkyl halides is 2. The van der Waals surface area contributed by atoms with E-state index in [0.717, 1.165) is 11.1 Å². The van der Waals surface area contributed by atoms with Gasteiger partial charge in [-0.05, 0) is 17.5 Å². The van der Waals surface area contributed by atoms with Gasteiger partial charge in [0.1, 0.15) is 0 Å². The maximum atomic E-state index is 14.5. The highest BCUT2D eigenvalue weighted by atomic mass is 19.3.